The second-order valence-electron chi connectivity index (χ2n) is 4.25. The highest BCUT2D eigenvalue weighted by Gasteiger charge is 2.16. The molecule has 0 saturated carbocycles. The lowest BCUT2D eigenvalue weighted by molar-refractivity contribution is 0.169. The van der Waals surface area contributed by atoms with Gasteiger partial charge in [-0.25, -0.2) is 4.79 Å². The van der Waals surface area contributed by atoms with Crippen molar-refractivity contribution < 1.29 is 9.53 Å². The largest absolute Gasteiger partial charge is 0.416 e. The van der Waals surface area contributed by atoms with Gasteiger partial charge in [0.15, 0.2) is 0 Å². The lowest BCUT2D eigenvalue weighted by Gasteiger charge is -2.12. The molecule has 0 spiro atoms. The average molecular weight is 261 g/mol. The van der Waals surface area contributed by atoms with E-state index in [1.165, 1.54) is 9.30 Å². The molecule has 0 fully saturated rings. The van der Waals surface area contributed by atoms with E-state index in [9.17, 15) is 9.59 Å². The average Bonchev–Trinajstić information content (AvgIpc) is 2.39. The Hall–Kier alpha value is -2.37. The number of carbonyl (C=O) groups is 1. The lowest BCUT2D eigenvalue weighted by Crippen LogP contribution is -2.28. The molecule has 0 unspecified atom stereocenters. The van der Waals surface area contributed by atoms with Crippen LogP contribution in [0.15, 0.2) is 29.2 Å². The molecule has 0 N–H and O–H groups in total. The number of ether oxygens (including phenoxy) is 1. The van der Waals surface area contributed by atoms with E-state index >= 15 is 0 Å². The molecular weight excluding hydrogens is 246 g/mol. The number of fused-ring (bicyclic) bond motifs is 1. The maximum atomic E-state index is 12.2. The molecule has 1 amide bonds. The van der Waals surface area contributed by atoms with Gasteiger partial charge in [-0.05, 0) is 18.6 Å². The van der Waals surface area contributed by atoms with Crippen molar-refractivity contribution in [2.45, 2.75) is 13.3 Å². The second-order valence-corrected chi connectivity index (χ2v) is 4.25. The Balaban J connectivity index is 2.60. The van der Waals surface area contributed by atoms with E-state index in [0.29, 0.717) is 17.6 Å². The van der Waals surface area contributed by atoms with Crippen LogP contribution in [0, 0.1) is 0 Å². The van der Waals surface area contributed by atoms with Gasteiger partial charge in [-0.15, -0.1) is 0 Å². The molecule has 2 rings (SSSR count). The normalized spacial score (nSPS) is 10.5. The zero-order valence-electron chi connectivity index (χ0n) is 11.1. The zero-order valence-corrected chi connectivity index (χ0v) is 11.1. The summed E-state index contributed by atoms with van der Waals surface area (Å²) in [7, 11) is 3.14. The van der Waals surface area contributed by atoms with Gasteiger partial charge in [-0.3, -0.25) is 9.20 Å². The number of hydrogen-bond acceptors (Lipinski definition) is 4. The fraction of sp³-hybridized carbons (Fsp3) is 0.308. The molecule has 0 bridgehead atoms. The van der Waals surface area contributed by atoms with Crippen molar-refractivity contribution in [3.05, 3.63) is 40.3 Å². The van der Waals surface area contributed by atoms with Crippen molar-refractivity contribution in [1.82, 2.24) is 14.3 Å². The number of amides is 1. The Labute approximate surface area is 110 Å². The predicted molar refractivity (Wildman–Crippen MR) is 70.6 cm³/mol. The molecule has 2 aromatic heterocycles. The van der Waals surface area contributed by atoms with Crippen LogP contribution in [0.1, 0.15) is 12.5 Å². The van der Waals surface area contributed by atoms with Crippen molar-refractivity contribution >= 4 is 11.7 Å². The third-order valence-electron chi connectivity index (χ3n) is 2.69. The minimum atomic E-state index is -0.554. The van der Waals surface area contributed by atoms with Crippen LogP contribution in [-0.2, 0) is 6.42 Å². The molecule has 0 radical (unpaired) electrons. The zero-order chi connectivity index (χ0) is 14.0. The van der Waals surface area contributed by atoms with Crippen LogP contribution in [0.3, 0.4) is 0 Å². The molecule has 0 aliphatic heterocycles. The summed E-state index contributed by atoms with van der Waals surface area (Å²) in [5, 5.41) is 0. The Kier molecular flexibility index (Phi) is 3.50. The van der Waals surface area contributed by atoms with Crippen molar-refractivity contribution in [1.29, 1.82) is 0 Å². The summed E-state index contributed by atoms with van der Waals surface area (Å²) in [6, 6.07) is 5.21. The predicted octanol–water partition coefficient (Wildman–Crippen LogP) is 1.32. The van der Waals surface area contributed by atoms with Crippen LogP contribution in [0.4, 0.5) is 4.79 Å². The van der Waals surface area contributed by atoms with Gasteiger partial charge in [0.1, 0.15) is 5.65 Å². The first-order valence-electron chi connectivity index (χ1n) is 5.94. The van der Waals surface area contributed by atoms with E-state index in [1.54, 1.807) is 38.5 Å². The molecular formula is C13H15N3O3. The molecule has 2 heterocycles. The van der Waals surface area contributed by atoms with Crippen LogP contribution >= 0.6 is 0 Å². The third kappa shape index (κ3) is 2.42. The van der Waals surface area contributed by atoms with E-state index < -0.39 is 6.09 Å². The summed E-state index contributed by atoms with van der Waals surface area (Å²) in [6.07, 6.45) is 1.53. The highest BCUT2D eigenvalue weighted by Crippen LogP contribution is 2.14. The minimum absolute atomic E-state index is 0.0809. The van der Waals surface area contributed by atoms with Crippen molar-refractivity contribution in [2.75, 3.05) is 14.1 Å². The minimum Gasteiger partial charge on any atom is -0.391 e. The van der Waals surface area contributed by atoms with Crippen molar-refractivity contribution in [3.63, 3.8) is 0 Å². The molecule has 0 aromatic carbocycles. The van der Waals surface area contributed by atoms with E-state index in [1.807, 2.05) is 6.92 Å². The molecule has 6 nitrogen and oxygen atoms in total. The van der Waals surface area contributed by atoms with Crippen LogP contribution in [0.5, 0.6) is 5.88 Å². The van der Waals surface area contributed by atoms with E-state index in [4.69, 9.17) is 4.74 Å². The number of hydrogen-bond donors (Lipinski definition) is 0. The first-order valence-corrected chi connectivity index (χ1v) is 5.94. The summed E-state index contributed by atoms with van der Waals surface area (Å²) in [5.41, 5.74) is 0.625. The summed E-state index contributed by atoms with van der Waals surface area (Å²) in [5.74, 6) is 0.0809. The van der Waals surface area contributed by atoms with Crippen LogP contribution in [-0.4, -0.2) is 34.5 Å². The lowest BCUT2D eigenvalue weighted by atomic mass is 10.2. The van der Waals surface area contributed by atoms with Crippen LogP contribution < -0.4 is 10.3 Å². The molecule has 100 valence electrons. The van der Waals surface area contributed by atoms with Gasteiger partial charge in [0.25, 0.3) is 5.56 Å². The summed E-state index contributed by atoms with van der Waals surface area (Å²) in [4.78, 5) is 29.3. The molecule has 0 aliphatic carbocycles. The molecule has 2 aromatic rings. The summed E-state index contributed by atoms with van der Waals surface area (Å²) < 4.78 is 6.59. The Morgan fingerprint density at radius 3 is 2.79 bits per heavy atom. The highest BCUT2D eigenvalue weighted by molar-refractivity contribution is 5.70. The monoisotopic (exact) mass is 261 g/mol. The number of nitrogens with zero attached hydrogens (tertiary/aromatic N) is 3. The highest BCUT2D eigenvalue weighted by atomic mass is 16.6. The first-order chi connectivity index (χ1) is 9.04. The topological polar surface area (TPSA) is 63.9 Å². The molecule has 6 heteroatoms. The van der Waals surface area contributed by atoms with E-state index in [2.05, 4.69) is 4.98 Å². The second kappa shape index (κ2) is 5.09. The SMILES string of the molecule is CCc1c(OC(=O)N(C)C)nc2ccccn2c1=O. The Morgan fingerprint density at radius 2 is 2.16 bits per heavy atom. The van der Waals surface area contributed by atoms with Gasteiger partial charge in [-0.2, -0.15) is 4.98 Å². The van der Waals surface area contributed by atoms with Gasteiger partial charge in [0, 0.05) is 20.3 Å². The maximum absolute atomic E-state index is 12.2. The van der Waals surface area contributed by atoms with Crippen molar-refractivity contribution in [3.8, 4) is 5.88 Å². The maximum Gasteiger partial charge on any atom is 0.416 e. The first kappa shape index (κ1) is 13.1. The molecule has 0 atom stereocenters. The van der Waals surface area contributed by atoms with Gasteiger partial charge in [0.05, 0.1) is 5.56 Å². The Morgan fingerprint density at radius 1 is 1.42 bits per heavy atom. The van der Waals surface area contributed by atoms with E-state index in [0.717, 1.165) is 0 Å². The summed E-state index contributed by atoms with van der Waals surface area (Å²) >= 11 is 0. The fourth-order valence-corrected chi connectivity index (χ4v) is 1.67. The van der Waals surface area contributed by atoms with E-state index in [-0.39, 0.29) is 11.4 Å². The van der Waals surface area contributed by atoms with Crippen LogP contribution in [0.25, 0.3) is 5.65 Å². The number of rotatable bonds is 2. The van der Waals surface area contributed by atoms with Crippen LogP contribution in [0.2, 0.25) is 0 Å². The smallest absolute Gasteiger partial charge is 0.391 e. The molecule has 19 heavy (non-hydrogen) atoms. The van der Waals surface area contributed by atoms with Gasteiger partial charge >= 0.3 is 6.09 Å². The third-order valence-corrected chi connectivity index (χ3v) is 2.69. The number of carbonyl (C=O) groups excluding carboxylic acids is 1. The Bertz CT molecular complexity index is 676. The standard InChI is InChI=1S/C13H15N3O3/c1-4-9-11(19-13(18)15(2)3)14-10-7-5-6-8-16(10)12(9)17/h5-8H,4H2,1-3H3. The molecule has 0 saturated heterocycles. The number of aromatic nitrogens is 2. The van der Waals surface area contributed by atoms with Crippen molar-refractivity contribution in [2.24, 2.45) is 0 Å². The molecule has 0 aliphatic rings. The quantitative estimate of drug-likeness (QED) is 0.817. The van der Waals surface area contributed by atoms with Gasteiger partial charge in [-0.1, -0.05) is 13.0 Å². The summed E-state index contributed by atoms with van der Waals surface area (Å²) in [6.45, 7) is 1.82. The number of pyridine rings is 1. The van der Waals surface area contributed by atoms with Gasteiger partial charge in [0.2, 0.25) is 5.88 Å². The van der Waals surface area contributed by atoms with Gasteiger partial charge < -0.3 is 9.64 Å². The fourth-order valence-electron chi connectivity index (χ4n) is 1.67.